The van der Waals surface area contributed by atoms with Gasteiger partial charge < -0.3 is 20.0 Å². The number of anilines is 2. The fraction of sp³-hybridized carbons (Fsp3) is 0.435. The summed E-state index contributed by atoms with van der Waals surface area (Å²) in [5.74, 6) is 1.11. The van der Waals surface area contributed by atoms with Crippen LogP contribution in [0.15, 0.2) is 35.0 Å². The molecule has 0 radical (unpaired) electrons. The van der Waals surface area contributed by atoms with Crippen molar-refractivity contribution in [2.45, 2.75) is 38.6 Å². The average molecular weight is 423 g/mol. The molecule has 31 heavy (non-hydrogen) atoms. The lowest BCUT2D eigenvalue weighted by Gasteiger charge is -2.19. The quantitative estimate of drug-likeness (QED) is 0.626. The van der Waals surface area contributed by atoms with Gasteiger partial charge in [-0.25, -0.2) is 14.4 Å². The monoisotopic (exact) mass is 423 g/mol. The molecule has 1 aliphatic heterocycles. The van der Waals surface area contributed by atoms with Gasteiger partial charge in [-0.2, -0.15) is 0 Å². The lowest BCUT2D eigenvalue weighted by molar-refractivity contribution is 0.0948. The number of furan rings is 1. The van der Waals surface area contributed by atoms with Crippen LogP contribution in [0.2, 0.25) is 0 Å². The minimum atomic E-state index is -0.233. The third-order valence-electron chi connectivity index (χ3n) is 6.34. The van der Waals surface area contributed by atoms with Gasteiger partial charge in [-0.1, -0.05) is 0 Å². The number of nitrogens with one attached hydrogen (secondary N) is 2. The Bertz CT molecular complexity index is 1120. The average Bonchev–Trinajstić information content (AvgIpc) is 3.14. The Labute approximate surface area is 180 Å². The van der Waals surface area contributed by atoms with Crippen molar-refractivity contribution < 1.29 is 13.6 Å². The molecule has 1 saturated heterocycles. The molecule has 0 bridgehead atoms. The van der Waals surface area contributed by atoms with Crippen LogP contribution in [0, 0.1) is 18.7 Å². The van der Waals surface area contributed by atoms with Crippen LogP contribution in [0.25, 0.3) is 11.1 Å². The van der Waals surface area contributed by atoms with Crippen LogP contribution in [0.5, 0.6) is 0 Å². The number of fused-ring (bicyclic) bond motifs is 1. The number of carbonyl (C=O) groups is 1. The Morgan fingerprint density at radius 2 is 2.06 bits per heavy atom. The molecule has 1 amide bonds. The number of carbonyl (C=O) groups excluding carboxylic acids is 1. The van der Waals surface area contributed by atoms with Crippen LogP contribution in [0.3, 0.4) is 0 Å². The molecule has 162 valence electrons. The highest BCUT2D eigenvalue weighted by molar-refractivity contribution is 6.10. The number of amides is 1. The van der Waals surface area contributed by atoms with Crippen LogP contribution in [-0.4, -0.2) is 41.0 Å². The van der Waals surface area contributed by atoms with E-state index in [0.29, 0.717) is 40.7 Å². The Balaban J connectivity index is 1.28. The molecule has 2 N–H and O–H groups in total. The van der Waals surface area contributed by atoms with E-state index < -0.39 is 0 Å². The van der Waals surface area contributed by atoms with Crippen molar-refractivity contribution >= 4 is 28.5 Å². The van der Waals surface area contributed by atoms with Crippen LogP contribution in [-0.2, 0) is 0 Å². The zero-order valence-corrected chi connectivity index (χ0v) is 17.7. The number of hydrogen-bond acceptors (Lipinski definition) is 6. The maximum absolute atomic E-state index is 13.2. The molecule has 1 atom stereocenters. The summed E-state index contributed by atoms with van der Waals surface area (Å²) in [5.41, 5.74) is 1.95. The van der Waals surface area contributed by atoms with E-state index in [4.69, 9.17) is 4.42 Å². The summed E-state index contributed by atoms with van der Waals surface area (Å²) in [6.07, 6.45) is 4.58. The summed E-state index contributed by atoms with van der Waals surface area (Å²) in [6.45, 7) is 6.20. The molecular weight excluding hydrogens is 397 g/mol. The number of aryl methyl sites for hydroxylation is 1. The summed E-state index contributed by atoms with van der Waals surface area (Å²) >= 11 is 0. The Hall–Kier alpha value is -3.16. The zero-order chi connectivity index (χ0) is 21.6. The largest absolute Gasteiger partial charge is 0.442 e. The van der Waals surface area contributed by atoms with E-state index >= 15 is 0 Å². The summed E-state index contributed by atoms with van der Waals surface area (Å²) in [7, 11) is 0. The lowest BCUT2D eigenvalue weighted by atomic mass is 10.1. The third kappa shape index (κ3) is 3.94. The van der Waals surface area contributed by atoms with E-state index in [1.807, 2.05) is 0 Å². The first-order chi connectivity index (χ1) is 14.9. The number of hydrogen-bond donors (Lipinski definition) is 2. The van der Waals surface area contributed by atoms with E-state index in [2.05, 4.69) is 32.4 Å². The van der Waals surface area contributed by atoms with Crippen LogP contribution < -0.4 is 15.5 Å². The first-order valence-corrected chi connectivity index (χ1v) is 10.7. The number of aromatic nitrogens is 2. The maximum atomic E-state index is 13.2. The molecule has 2 aromatic heterocycles. The zero-order valence-electron chi connectivity index (χ0n) is 17.7. The molecule has 5 rings (SSSR count). The van der Waals surface area contributed by atoms with Gasteiger partial charge in [0, 0.05) is 30.9 Å². The van der Waals surface area contributed by atoms with Crippen molar-refractivity contribution in [3.8, 4) is 0 Å². The van der Waals surface area contributed by atoms with Crippen molar-refractivity contribution in [3.05, 3.63) is 47.7 Å². The number of benzene rings is 1. The SMILES string of the molecule is Cc1oc2ncnc(NC3(C)CC3)c2c1C(=O)NCC1CCN(c2ccc(F)cc2)C1. The molecule has 0 spiro atoms. The molecule has 3 heterocycles. The maximum Gasteiger partial charge on any atom is 0.255 e. The molecule has 8 heteroatoms. The van der Waals surface area contributed by atoms with E-state index in [9.17, 15) is 9.18 Å². The smallest absolute Gasteiger partial charge is 0.255 e. The van der Waals surface area contributed by atoms with Crippen molar-refractivity contribution in [2.75, 3.05) is 29.9 Å². The molecule has 3 aromatic rings. The topological polar surface area (TPSA) is 83.3 Å². The molecule has 2 aliphatic rings. The molecule has 1 unspecified atom stereocenters. The summed E-state index contributed by atoms with van der Waals surface area (Å²) < 4.78 is 18.9. The van der Waals surface area contributed by atoms with Gasteiger partial charge >= 0.3 is 0 Å². The summed E-state index contributed by atoms with van der Waals surface area (Å²) in [4.78, 5) is 23.9. The third-order valence-corrected chi connectivity index (χ3v) is 6.34. The second-order valence-corrected chi connectivity index (χ2v) is 8.91. The number of halogens is 1. The molecule has 2 fully saturated rings. The van der Waals surface area contributed by atoms with Gasteiger partial charge in [0.2, 0.25) is 5.71 Å². The first kappa shape index (κ1) is 19.8. The Morgan fingerprint density at radius 1 is 1.29 bits per heavy atom. The van der Waals surface area contributed by atoms with Gasteiger partial charge in [-0.05, 0) is 63.3 Å². The number of rotatable bonds is 6. The van der Waals surface area contributed by atoms with E-state index in [-0.39, 0.29) is 17.3 Å². The van der Waals surface area contributed by atoms with Crippen molar-refractivity contribution in [3.63, 3.8) is 0 Å². The minimum absolute atomic E-state index is 0.0217. The van der Waals surface area contributed by atoms with Crippen LogP contribution in [0.1, 0.15) is 42.3 Å². The lowest BCUT2D eigenvalue weighted by Crippen LogP contribution is -2.31. The van der Waals surface area contributed by atoms with Gasteiger partial charge in [-0.3, -0.25) is 4.79 Å². The van der Waals surface area contributed by atoms with Gasteiger partial charge in [-0.15, -0.1) is 0 Å². The fourth-order valence-electron chi connectivity index (χ4n) is 4.22. The summed E-state index contributed by atoms with van der Waals surface area (Å²) in [5, 5.41) is 7.17. The second kappa shape index (κ2) is 7.51. The van der Waals surface area contributed by atoms with Crippen molar-refractivity contribution in [1.29, 1.82) is 0 Å². The standard InChI is InChI=1S/C23H26FN5O2/c1-14-18(19-20(28-23(2)8-9-23)26-13-27-22(19)31-14)21(30)25-11-15-7-10-29(12-15)17-5-3-16(24)4-6-17/h3-6,13,15H,7-12H2,1-2H3,(H,25,30)(H,26,27,28). The normalized spacial score (nSPS) is 19.6. The van der Waals surface area contributed by atoms with Crippen LogP contribution >= 0.6 is 0 Å². The molecular formula is C23H26FN5O2. The molecule has 1 aliphatic carbocycles. The minimum Gasteiger partial charge on any atom is -0.442 e. The van der Waals surface area contributed by atoms with Gasteiger partial charge in [0.15, 0.2) is 0 Å². The van der Waals surface area contributed by atoms with E-state index in [0.717, 1.165) is 38.0 Å². The molecule has 1 aromatic carbocycles. The van der Waals surface area contributed by atoms with Crippen LogP contribution in [0.4, 0.5) is 15.9 Å². The second-order valence-electron chi connectivity index (χ2n) is 8.91. The van der Waals surface area contributed by atoms with Gasteiger partial charge in [0.05, 0.1) is 10.9 Å². The predicted molar refractivity (Wildman–Crippen MR) is 117 cm³/mol. The van der Waals surface area contributed by atoms with E-state index in [1.165, 1.54) is 18.5 Å². The molecule has 7 nitrogen and oxygen atoms in total. The highest BCUT2D eigenvalue weighted by Crippen LogP contribution is 2.40. The Morgan fingerprint density at radius 3 is 2.81 bits per heavy atom. The van der Waals surface area contributed by atoms with E-state index in [1.54, 1.807) is 19.1 Å². The van der Waals surface area contributed by atoms with Gasteiger partial charge in [0.1, 0.15) is 23.7 Å². The molecule has 1 saturated carbocycles. The van der Waals surface area contributed by atoms with Gasteiger partial charge in [0.25, 0.3) is 5.91 Å². The van der Waals surface area contributed by atoms with Crippen molar-refractivity contribution in [1.82, 2.24) is 15.3 Å². The fourth-order valence-corrected chi connectivity index (χ4v) is 4.22. The highest BCUT2D eigenvalue weighted by atomic mass is 19.1. The first-order valence-electron chi connectivity index (χ1n) is 10.7. The highest BCUT2D eigenvalue weighted by Gasteiger charge is 2.38. The van der Waals surface area contributed by atoms with Crippen molar-refractivity contribution in [2.24, 2.45) is 5.92 Å². The Kier molecular flexibility index (Phi) is 4.79. The summed E-state index contributed by atoms with van der Waals surface area (Å²) in [6, 6.07) is 6.55. The predicted octanol–water partition coefficient (Wildman–Crippen LogP) is 3.89. The number of nitrogens with zero attached hydrogens (tertiary/aromatic N) is 3.